The Kier molecular flexibility index (Phi) is 3.34. The lowest BCUT2D eigenvalue weighted by molar-refractivity contribution is 0.168. The Labute approximate surface area is 69.0 Å². The van der Waals surface area contributed by atoms with Crippen LogP contribution in [0.5, 0.6) is 0 Å². The Morgan fingerprint density at radius 3 is 2.45 bits per heavy atom. The summed E-state index contributed by atoms with van der Waals surface area (Å²) in [5.74, 6) is 0.869. The molecule has 0 saturated heterocycles. The van der Waals surface area contributed by atoms with Crippen LogP contribution in [-0.4, -0.2) is 23.8 Å². The summed E-state index contributed by atoms with van der Waals surface area (Å²) >= 11 is 0. The Morgan fingerprint density at radius 2 is 2.09 bits per heavy atom. The Morgan fingerprint density at radius 1 is 1.45 bits per heavy atom. The van der Waals surface area contributed by atoms with E-state index in [4.69, 9.17) is 5.11 Å². The van der Waals surface area contributed by atoms with Crippen LogP contribution < -0.4 is 5.32 Å². The molecule has 11 heavy (non-hydrogen) atoms. The lowest BCUT2D eigenvalue weighted by atomic mass is 9.80. The molecule has 1 saturated carbocycles. The average Bonchev–Trinajstić information content (AvgIpc) is 1.79. The van der Waals surface area contributed by atoms with Crippen molar-refractivity contribution in [2.45, 2.75) is 45.3 Å². The first kappa shape index (κ1) is 9.01. The Balaban J connectivity index is 2.05. The molecule has 0 aromatic carbocycles. The highest BCUT2D eigenvalue weighted by Crippen LogP contribution is 2.29. The highest BCUT2D eigenvalue weighted by Gasteiger charge is 2.23. The second-order valence-corrected chi connectivity index (χ2v) is 3.74. The van der Waals surface area contributed by atoms with Crippen LogP contribution >= 0.6 is 0 Å². The smallest absolute Gasteiger partial charge is 0.0636 e. The van der Waals surface area contributed by atoms with E-state index in [2.05, 4.69) is 12.2 Å². The zero-order valence-electron chi connectivity index (χ0n) is 7.51. The molecule has 66 valence electrons. The second-order valence-electron chi connectivity index (χ2n) is 3.74. The summed E-state index contributed by atoms with van der Waals surface area (Å²) in [7, 11) is 0. The first-order chi connectivity index (χ1) is 5.20. The number of aliphatic hydroxyl groups excluding tert-OH is 1. The van der Waals surface area contributed by atoms with E-state index in [0.717, 1.165) is 12.5 Å². The highest BCUT2D eigenvalue weighted by molar-refractivity contribution is 4.79. The van der Waals surface area contributed by atoms with E-state index >= 15 is 0 Å². The topological polar surface area (TPSA) is 32.3 Å². The van der Waals surface area contributed by atoms with Crippen LogP contribution in [0.1, 0.15) is 33.1 Å². The van der Waals surface area contributed by atoms with Crippen molar-refractivity contribution >= 4 is 0 Å². The lowest BCUT2D eigenvalue weighted by Gasteiger charge is -2.32. The van der Waals surface area contributed by atoms with Gasteiger partial charge in [0.25, 0.3) is 0 Å². The molecular formula is C9H19NO. The highest BCUT2D eigenvalue weighted by atomic mass is 16.3. The van der Waals surface area contributed by atoms with E-state index in [1.165, 1.54) is 19.3 Å². The van der Waals surface area contributed by atoms with E-state index in [0.29, 0.717) is 6.04 Å². The van der Waals surface area contributed by atoms with E-state index < -0.39 is 0 Å². The molecule has 2 N–H and O–H groups in total. The summed E-state index contributed by atoms with van der Waals surface area (Å²) in [5, 5.41) is 12.3. The van der Waals surface area contributed by atoms with Gasteiger partial charge < -0.3 is 10.4 Å². The van der Waals surface area contributed by atoms with Crippen molar-refractivity contribution < 1.29 is 5.11 Å². The predicted octanol–water partition coefficient (Wildman–Crippen LogP) is 1.15. The molecule has 2 atom stereocenters. The first-order valence-electron chi connectivity index (χ1n) is 4.61. The van der Waals surface area contributed by atoms with Gasteiger partial charge in [-0.15, -0.1) is 0 Å². The number of hydrogen-bond acceptors (Lipinski definition) is 2. The van der Waals surface area contributed by atoms with Crippen LogP contribution in [0, 0.1) is 5.92 Å². The summed E-state index contributed by atoms with van der Waals surface area (Å²) in [6, 6.07) is 0.596. The molecule has 0 radical (unpaired) electrons. The van der Waals surface area contributed by atoms with Crippen LogP contribution in [0.3, 0.4) is 0 Å². The van der Waals surface area contributed by atoms with Gasteiger partial charge in [-0.2, -0.15) is 0 Å². The van der Waals surface area contributed by atoms with Gasteiger partial charge in [0.1, 0.15) is 0 Å². The number of hydrogen-bond donors (Lipinski definition) is 2. The van der Waals surface area contributed by atoms with Gasteiger partial charge in [-0.25, -0.2) is 0 Å². The summed E-state index contributed by atoms with van der Waals surface area (Å²) in [5.41, 5.74) is 0. The molecule has 0 heterocycles. The van der Waals surface area contributed by atoms with Gasteiger partial charge in [-0.3, -0.25) is 0 Å². The minimum Gasteiger partial charge on any atom is -0.392 e. The fourth-order valence-electron chi connectivity index (χ4n) is 1.46. The van der Waals surface area contributed by atoms with Crippen LogP contribution in [0.2, 0.25) is 0 Å². The summed E-state index contributed by atoms with van der Waals surface area (Å²) < 4.78 is 0. The van der Waals surface area contributed by atoms with Gasteiger partial charge in [0.2, 0.25) is 0 Å². The van der Waals surface area contributed by atoms with Crippen molar-refractivity contribution in [2.75, 3.05) is 6.54 Å². The molecule has 1 aliphatic rings. The van der Waals surface area contributed by atoms with E-state index in [1.807, 2.05) is 6.92 Å². The Hall–Kier alpha value is -0.0800. The zero-order valence-corrected chi connectivity index (χ0v) is 7.51. The molecule has 2 heteroatoms. The van der Waals surface area contributed by atoms with Crippen molar-refractivity contribution in [3.8, 4) is 0 Å². The third kappa shape index (κ3) is 2.80. The molecule has 0 spiro atoms. The number of nitrogens with one attached hydrogen (secondary N) is 1. The minimum absolute atomic E-state index is 0.211. The normalized spacial score (nSPS) is 24.3. The molecule has 2 nitrogen and oxygen atoms in total. The molecular weight excluding hydrogens is 138 g/mol. The molecule has 1 fully saturated rings. The van der Waals surface area contributed by atoms with Gasteiger partial charge in [-0.1, -0.05) is 6.42 Å². The SMILES string of the molecule is CC(NC[C@H](C)O)C1CCC1. The van der Waals surface area contributed by atoms with E-state index in [1.54, 1.807) is 0 Å². The monoisotopic (exact) mass is 157 g/mol. The molecule has 0 aromatic heterocycles. The van der Waals surface area contributed by atoms with Crippen LogP contribution in [0.25, 0.3) is 0 Å². The van der Waals surface area contributed by atoms with E-state index in [-0.39, 0.29) is 6.10 Å². The maximum absolute atomic E-state index is 9.01. The van der Waals surface area contributed by atoms with Gasteiger partial charge in [-0.05, 0) is 32.6 Å². The quantitative estimate of drug-likeness (QED) is 0.641. The second kappa shape index (κ2) is 4.07. The molecule has 0 amide bonds. The molecule has 1 aliphatic carbocycles. The predicted molar refractivity (Wildman–Crippen MR) is 46.5 cm³/mol. The van der Waals surface area contributed by atoms with Crippen LogP contribution in [0.15, 0.2) is 0 Å². The fourth-order valence-corrected chi connectivity index (χ4v) is 1.46. The number of aliphatic hydroxyl groups is 1. The van der Waals surface area contributed by atoms with Crippen molar-refractivity contribution in [3.63, 3.8) is 0 Å². The third-order valence-corrected chi connectivity index (χ3v) is 2.59. The zero-order chi connectivity index (χ0) is 8.27. The third-order valence-electron chi connectivity index (χ3n) is 2.59. The Bertz CT molecular complexity index is 110. The van der Waals surface area contributed by atoms with Crippen molar-refractivity contribution in [2.24, 2.45) is 5.92 Å². The van der Waals surface area contributed by atoms with Crippen molar-refractivity contribution in [3.05, 3.63) is 0 Å². The number of rotatable bonds is 4. The minimum atomic E-state index is -0.211. The van der Waals surface area contributed by atoms with Crippen LogP contribution in [-0.2, 0) is 0 Å². The molecule has 1 rings (SSSR count). The fraction of sp³-hybridized carbons (Fsp3) is 1.00. The average molecular weight is 157 g/mol. The first-order valence-corrected chi connectivity index (χ1v) is 4.61. The van der Waals surface area contributed by atoms with E-state index in [9.17, 15) is 0 Å². The molecule has 0 aliphatic heterocycles. The van der Waals surface area contributed by atoms with Crippen LogP contribution in [0.4, 0.5) is 0 Å². The standard InChI is InChI=1S/C9H19NO/c1-7(11)6-10-8(2)9-4-3-5-9/h7-11H,3-6H2,1-2H3/t7-,8?/m0/s1. The van der Waals surface area contributed by atoms with Gasteiger partial charge >= 0.3 is 0 Å². The molecule has 0 aromatic rings. The summed E-state index contributed by atoms with van der Waals surface area (Å²) in [4.78, 5) is 0. The molecule has 1 unspecified atom stereocenters. The molecule has 0 bridgehead atoms. The summed E-state index contributed by atoms with van der Waals surface area (Å²) in [6.45, 7) is 4.77. The largest absolute Gasteiger partial charge is 0.392 e. The maximum atomic E-state index is 9.01. The van der Waals surface area contributed by atoms with Gasteiger partial charge in [0.05, 0.1) is 6.10 Å². The lowest BCUT2D eigenvalue weighted by Crippen LogP contribution is -2.40. The van der Waals surface area contributed by atoms with Gasteiger partial charge in [0.15, 0.2) is 0 Å². The van der Waals surface area contributed by atoms with Crippen molar-refractivity contribution in [1.29, 1.82) is 0 Å². The summed E-state index contributed by atoms with van der Waals surface area (Å²) in [6.07, 6.45) is 3.92. The van der Waals surface area contributed by atoms with Crippen molar-refractivity contribution in [1.82, 2.24) is 5.32 Å². The maximum Gasteiger partial charge on any atom is 0.0636 e. The van der Waals surface area contributed by atoms with Gasteiger partial charge in [0, 0.05) is 12.6 Å².